The fourth-order valence-electron chi connectivity index (χ4n) is 3.03. The Hall–Kier alpha value is -2.12. The first-order chi connectivity index (χ1) is 13.7. The van der Waals surface area contributed by atoms with Gasteiger partial charge in [0.05, 0.1) is 11.3 Å². The minimum atomic E-state index is 0.0825. The zero-order valence-electron chi connectivity index (χ0n) is 16.4. The summed E-state index contributed by atoms with van der Waals surface area (Å²) in [6.07, 6.45) is 2.79. The average molecular weight is 418 g/mol. The molecule has 3 rings (SSSR count). The minimum Gasteiger partial charge on any atom is -0.494 e. The molecular weight excluding hydrogens is 390 g/mol. The van der Waals surface area contributed by atoms with Crippen LogP contribution in [0.15, 0.2) is 35.0 Å². The Labute approximate surface area is 174 Å². The predicted molar refractivity (Wildman–Crippen MR) is 119 cm³/mol. The molecule has 2 aromatic heterocycles. The molecule has 0 fully saturated rings. The summed E-state index contributed by atoms with van der Waals surface area (Å²) in [7, 11) is 0. The van der Waals surface area contributed by atoms with Crippen molar-refractivity contribution >= 4 is 44.7 Å². The van der Waals surface area contributed by atoms with Crippen LogP contribution in [-0.2, 0) is 0 Å². The number of hydrogen-bond donors (Lipinski definition) is 1. The van der Waals surface area contributed by atoms with Crippen LogP contribution in [0, 0.1) is 0 Å². The van der Waals surface area contributed by atoms with E-state index in [0.29, 0.717) is 12.2 Å². The average Bonchev–Trinajstić information content (AvgIpc) is 3.32. The van der Waals surface area contributed by atoms with Crippen molar-refractivity contribution in [2.24, 2.45) is 0 Å². The maximum atomic E-state index is 12.7. The van der Waals surface area contributed by atoms with Crippen LogP contribution >= 0.6 is 22.9 Å². The molecule has 5 nitrogen and oxygen atoms in total. The molecule has 0 saturated carbocycles. The first kappa shape index (κ1) is 20.6. The first-order valence-electron chi connectivity index (χ1n) is 9.80. The summed E-state index contributed by atoms with van der Waals surface area (Å²) in [5, 5.41) is 8.83. The maximum Gasteiger partial charge on any atom is 0.253 e. The van der Waals surface area contributed by atoms with E-state index >= 15 is 0 Å². The van der Waals surface area contributed by atoms with Gasteiger partial charge in [0.25, 0.3) is 5.91 Å². The zero-order valence-corrected chi connectivity index (χ0v) is 18.1. The molecule has 0 spiro atoms. The molecule has 0 aliphatic carbocycles. The van der Waals surface area contributed by atoms with Crippen LogP contribution in [0.2, 0.25) is 0 Å². The summed E-state index contributed by atoms with van der Waals surface area (Å²) < 4.78 is 11.5. The maximum absolute atomic E-state index is 12.7. The van der Waals surface area contributed by atoms with Crippen LogP contribution < -0.4 is 10.1 Å². The van der Waals surface area contributed by atoms with Crippen LogP contribution in [0.25, 0.3) is 10.1 Å². The van der Waals surface area contributed by atoms with Crippen molar-refractivity contribution in [2.75, 3.05) is 31.6 Å². The van der Waals surface area contributed by atoms with Gasteiger partial charge in [0.15, 0.2) is 0 Å². The van der Waals surface area contributed by atoms with Crippen LogP contribution in [0.1, 0.15) is 43.5 Å². The number of aromatic nitrogens is 1. The molecule has 0 aliphatic rings. The highest BCUT2D eigenvalue weighted by atomic mass is 32.1. The van der Waals surface area contributed by atoms with Crippen molar-refractivity contribution in [3.8, 4) is 5.75 Å². The lowest BCUT2D eigenvalue weighted by molar-refractivity contribution is 0.0755. The van der Waals surface area contributed by atoms with E-state index in [9.17, 15) is 4.79 Å². The normalized spacial score (nSPS) is 10.9. The molecule has 0 unspecified atom stereocenters. The lowest BCUT2D eigenvalue weighted by Gasteiger charge is -2.21. The van der Waals surface area contributed by atoms with Crippen LogP contribution in [-0.4, -0.2) is 41.4 Å². The largest absolute Gasteiger partial charge is 0.494 e. The fourth-order valence-corrected chi connectivity index (χ4v) is 4.74. The molecule has 1 N–H and O–H groups in total. The number of carbonyl (C=O) groups excluding carboxylic acids is 1. The molecule has 1 amide bonds. The molecule has 0 radical (unpaired) electrons. The number of amides is 1. The standard InChI is InChI=1S/C21H27N3O2S2/c1-3-10-24(11-4-2)21(25)16-7-5-8-17(13-16)26-12-6-9-22-20-18-14-27-15-19(18)28-23-20/h5,7-8,13-15H,3-4,6,9-12H2,1-2H3,(H,22,23). The van der Waals surface area contributed by atoms with E-state index in [1.165, 1.54) is 21.6 Å². The monoisotopic (exact) mass is 417 g/mol. The minimum absolute atomic E-state index is 0.0825. The highest BCUT2D eigenvalue weighted by Crippen LogP contribution is 2.29. The molecule has 2 heterocycles. The number of thiophene rings is 1. The van der Waals surface area contributed by atoms with Gasteiger partial charge < -0.3 is 15.0 Å². The van der Waals surface area contributed by atoms with Gasteiger partial charge in [0.2, 0.25) is 0 Å². The number of rotatable bonds is 11. The lowest BCUT2D eigenvalue weighted by Crippen LogP contribution is -2.32. The van der Waals surface area contributed by atoms with Gasteiger partial charge in [0.1, 0.15) is 11.6 Å². The molecule has 28 heavy (non-hydrogen) atoms. The number of carbonyl (C=O) groups is 1. The van der Waals surface area contributed by atoms with E-state index in [2.05, 4.69) is 34.3 Å². The van der Waals surface area contributed by atoms with Crippen molar-refractivity contribution < 1.29 is 9.53 Å². The van der Waals surface area contributed by atoms with E-state index in [0.717, 1.165) is 50.5 Å². The summed E-state index contributed by atoms with van der Waals surface area (Å²) in [6, 6.07) is 7.51. The molecule has 0 saturated heterocycles. The quantitative estimate of drug-likeness (QED) is 0.419. The lowest BCUT2D eigenvalue weighted by atomic mass is 10.1. The van der Waals surface area contributed by atoms with Gasteiger partial charge in [-0.1, -0.05) is 19.9 Å². The van der Waals surface area contributed by atoms with Crippen LogP contribution in [0.3, 0.4) is 0 Å². The second-order valence-electron chi connectivity index (χ2n) is 6.63. The summed E-state index contributed by atoms with van der Waals surface area (Å²) >= 11 is 3.23. The smallest absolute Gasteiger partial charge is 0.253 e. The molecular formula is C21H27N3O2S2. The van der Waals surface area contributed by atoms with E-state index in [-0.39, 0.29) is 5.91 Å². The topological polar surface area (TPSA) is 54.5 Å². The third kappa shape index (κ3) is 5.23. The number of benzene rings is 1. The SMILES string of the molecule is CCCN(CCC)C(=O)c1cccc(OCCCNc2nsc3cscc23)c1. The Morgan fingerprint density at radius 1 is 1.21 bits per heavy atom. The van der Waals surface area contributed by atoms with Gasteiger partial charge in [0, 0.05) is 41.3 Å². The Bertz CT molecular complexity index is 885. The van der Waals surface area contributed by atoms with E-state index in [1.54, 1.807) is 11.3 Å². The summed E-state index contributed by atoms with van der Waals surface area (Å²) in [6.45, 7) is 7.16. The molecule has 0 aliphatic heterocycles. The highest BCUT2D eigenvalue weighted by molar-refractivity contribution is 7.19. The van der Waals surface area contributed by atoms with E-state index in [4.69, 9.17) is 4.74 Å². The fraction of sp³-hybridized carbons (Fsp3) is 0.429. The molecule has 7 heteroatoms. The molecule has 0 atom stereocenters. The third-order valence-electron chi connectivity index (χ3n) is 4.35. The number of nitrogens with zero attached hydrogens (tertiary/aromatic N) is 2. The number of fused-ring (bicyclic) bond motifs is 1. The van der Waals surface area contributed by atoms with Gasteiger partial charge in [-0.2, -0.15) is 15.7 Å². The highest BCUT2D eigenvalue weighted by Gasteiger charge is 2.14. The van der Waals surface area contributed by atoms with Crippen LogP contribution in [0.4, 0.5) is 5.82 Å². The predicted octanol–water partition coefficient (Wildman–Crippen LogP) is 5.50. The summed E-state index contributed by atoms with van der Waals surface area (Å²) in [5.74, 6) is 1.78. The van der Waals surface area contributed by atoms with E-state index < -0.39 is 0 Å². The van der Waals surface area contributed by atoms with Crippen molar-refractivity contribution in [3.63, 3.8) is 0 Å². The van der Waals surface area contributed by atoms with Crippen molar-refractivity contribution in [1.29, 1.82) is 0 Å². The second kappa shape index (κ2) is 10.4. The Kier molecular flexibility index (Phi) is 7.68. The van der Waals surface area contributed by atoms with Gasteiger partial charge in [-0.25, -0.2) is 0 Å². The van der Waals surface area contributed by atoms with Gasteiger partial charge in [-0.05, 0) is 49.0 Å². The Morgan fingerprint density at radius 2 is 2.04 bits per heavy atom. The van der Waals surface area contributed by atoms with Gasteiger partial charge in [-0.3, -0.25) is 4.79 Å². The first-order valence-corrected chi connectivity index (χ1v) is 11.5. The van der Waals surface area contributed by atoms with Crippen molar-refractivity contribution in [1.82, 2.24) is 9.27 Å². The molecule has 0 bridgehead atoms. The third-order valence-corrected chi connectivity index (χ3v) is 6.06. The Morgan fingerprint density at radius 3 is 2.82 bits per heavy atom. The molecule has 150 valence electrons. The second-order valence-corrected chi connectivity index (χ2v) is 8.18. The van der Waals surface area contributed by atoms with Crippen molar-refractivity contribution in [3.05, 3.63) is 40.6 Å². The summed E-state index contributed by atoms with van der Waals surface area (Å²) in [4.78, 5) is 14.6. The number of nitrogens with one attached hydrogen (secondary N) is 1. The number of anilines is 1. The van der Waals surface area contributed by atoms with Gasteiger partial charge >= 0.3 is 0 Å². The van der Waals surface area contributed by atoms with Gasteiger partial charge in [-0.15, -0.1) is 0 Å². The van der Waals surface area contributed by atoms with E-state index in [1.807, 2.05) is 29.2 Å². The number of hydrogen-bond acceptors (Lipinski definition) is 6. The molecule has 1 aromatic carbocycles. The summed E-state index contributed by atoms with van der Waals surface area (Å²) in [5.41, 5.74) is 0.694. The zero-order chi connectivity index (χ0) is 19.8. The van der Waals surface area contributed by atoms with Crippen LogP contribution in [0.5, 0.6) is 5.75 Å². The number of ether oxygens (including phenoxy) is 1. The van der Waals surface area contributed by atoms with Crippen molar-refractivity contribution in [2.45, 2.75) is 33.1 Å². The molecule has 3 aromatic rings. The Balaban J connectivity index is 1.47.